The first-order valence-corrected chi connectivity index (χ1v) is 16.6. The van der Waals surface area contributed by atoms with E-state index in [-0.39, 0.29) is 63.9 Å². The maximum atomic E-state index is 12.8. The maximum absolute atomic E-state index is 12.8. The molecule has 1 amide bonds. The fourth-order valence-corrected chi connectivity index (χ4v) is 6.07. The zero-order valence-corrected chi connectivity index (χ0v) is 29.9. The number of piperazine rings is 1. The van der Waals surface area contributed by atoms with Gasteiger partial charge in [-0.3, -0.25) is 15.0 Å². The van der Waals surface area contributed by atoms with Gasteiger partial charge in [-0.25, -0.2) is 10.2 Å². The molecule has 274 valence electrons. The van der Waals surface area contributed by atoms with Crippen LogP contribution < -0.4 is 39.4 Å². The summed E-state index contributed by atoms with van der Waals surface area (Å²) in [6, 6.07) is 0.109. The van der Waals surface area contributed by atoms with E-state index in [0.29, 0.717) is 18.0 Å². The van der Waals surface area contributed by atoms with Gasteiger partial charge in [-0.2, -0.15) is 10.2 Å². The van der Waals surface area contributed by atoms with Gasteiger partial charge in [-0.15, -0.1) is 5.10 Å². The Morgan fingerprint density at radius 2 is 1.69 bits per heavy atom. The number of guanidine groups is 2. The molecular weight excluding hydrogens is 784 g/mol. The lowest BCUT2D eigenvalue weighted by atomic mass is 9.82. The van der Waals surface area contributed by atoms with E-state index in [0.717, 1.165) is 0 Å². The molecule has 4 unspecified atom stereocenters. The van der Waals surface area contributed by atoms with Gasteiger partial charge >= 0.3 is 6.09 Å². The minimum absolute atomic E-state index is 0.0586. The first kappa shape index (κ1) is 41.5. The summed E-state index contributed by atoms with van der Waals surface area (Å²) in [5.41, 5.74) is 28.3. The van der Waals surface area contributed by atoms with Crippen LogP contribution in [-0.4, -0.2) is 140 Å². The van der Waals surface area contributed by atoms with Crippen molar-refractivity contribution in [3.63, 3.8) is 0 Å². The Hall–Kier alpha value is -3.71. The van der Waals surface area contributed by atoms with Crippen molar-refractivity contribution in [3.05, 3.63) is 22.5 Å². The van der Waals surface area contributed by atoms with Crippen molar-refractivity contribution in [1.29, 1.82) is 5.41 Å². The highest BCUT2D eigenvalue weighted by Gasteiger charge is 2.72. The van der Waals surface area contributed by atoms with Crippen LogP contribution in [0, 0.1) is 11.3 Å². The summed E-state index contributed by atoms with van der Waals surface area (Å²) in [6.07, 6.45) is -4.45. The van der Waals surface area contributed by atoms with Gasteiger partial charge in [0, 0.05) is 41.5 Å². The number of halogens is 2. The van der Waals surface area contributed by atoms with Crippen LogP contribution in [0.4, 0.5) is 4.79 Å². The number of nitrogens with two attached hydrogens (primary N) is 5. The second-order valence-corrected chi connectivity index (χ2v) is 12.2. The second kappa shape index (κ2) is 17.8. The highest BCUT2D eigenvalue weighted by atomic mass is 79.9. The molecule has 0 bridgehead atoms. The highest BCUT2D eigenvalue weighted by molar-refractivity contribution is 9.09. The third kappa shape index (κ3) is 9.50. The Morgan fingerprint density at radius 1 is 1.12 bits per heavy atom. The topological polar surface area (TPSA) is 379 Å². The van der Waals surface area contributed by atoms with Crippen LogP contribution in [0.25, 0.3) is 0 Å². The number of amides is 1. The van der Waals surface area contributed by atoms with Gasteiger partial charge in [0.25, 0.3) is 0 Å². The molecule has 0 aromatic rings. The SMILES string of the molecule is CC(/C=N/NC(=N)N)=N\N=C(N)N.CO[C@@]12[C@H](COC(N)=O)C3=C(C(=O)C(C)=C(N)C3=O)N1C[C@@H]1N[C@@H]12.OC(CBr)C(O)C(O)C(O)CBr. The lowest BCUT2D eigenvalue weighted by Gasteiger charge is -2.39. The second-order valence-electron chi connectivity index (χ2n) is 10.9. The van der Waals surface area contributed by atoms with Crippen molar-refractivity contribution in [2.24, 2.45) is 49.9 Å². The summed E-state index contributed by atoms with van der Waals surface area (Å²) in [6.45, 7) is 3.55. The predicted octanol–water partition coefficient (Wildman–Crippen LogP) is -4.33. The van der Waals surface area contributed by atoms with Crippen LogP contribution in [0.15, 0.2) is 37.8 Å². The summed E-state index contributed by atoms with van der Waals surface area (Å²) in [4.78, 5) is 38.4. The normalized spacial score (nSPS) is 26.3. The average Bonchev–Trinajstić information content (AvgIpc) is 3.68. The zero-order valence-electron chi connectivity index (χ0n) is 26.7. The zero-order chi connectivity index (χ0) is 37.4. The van der Waals surface area contributed by atoms with Crippen molar-refractivity contribution in [2.75, 3.05) is 30.9 Å². The van der Waals surface area contributed by atoms with Crippen molar-refractivity contribution < 1.29 is 44.3 Å². The van der Waals surface area contributed by atoms with Gasteiger partial charge in [-0.1, -0.05) is 31.9 Å². The van der Waals surface area contributed by atoms with Gasteiger partial charge in [0.05, 0.1) is 47.5 Å². The molecule has 49 heavy (non-hydrogen) atoms. The number of aliphatic hydroxyl groups is 4. The minimum Gasteiger partial charge on any atom is -0.449 e. The number of alkyl halides is 2. The van der Waals surface area contributed by atoms with Crippen LogP contribution in [0.2, 0.25) is 0 Å². The summed E-state index contributed by atoms with van der Waals surface area (Å²) in [5.74, 6) is -1.73. The minimum atomic E-state index is -1.34. The smallest absolute Gasteiger partial charge is 0.404 e. The number of ether oxygens (including phenoxy) is 2. The van der Waals surface area contributed by atoms with E-state index in [4.69, 9.17) is 53.8 Å². The van der Waals surface area contributed by atoms with Gasteiger partial charge in [0.15, 0.2) is 5.72 Å². The Kier molecular flexibility index (Phi) is 15.1. The Balaban J connectivity index is 0.000000285. The lowest BCUT2D eigenvalue weighted by Crippen LogP contribution is -2.55. The van der Waals surface area contributed by atoms with Gasteiger partial charge in [0.1, 0.15) is 18.8 Å². The van der Waals surface area contributed by atoms with E-state index in [1.54, 1.807) is 6.92 Å². The number of rotatable bonds is 11. The molecule has 0 spiro atoms. The van der Waals surface area contributed by atoms with E-state index < -0.39 is 47.9 Å². The van der Waals surface area contributed by atoms with Crippen LogP contribution in [0.1, 0.15) is 13.8 Å². The standard InChI is InChI=1S/C15H18N4O5.C6H12Br2O4.C5H12N8/c1-5-9(16)12(21)8-6(4-24-14(17)22)15(23-2)13-7(18-13)3-19(15)10(8)11(5)20;7-1-3(9)5(11)6(12)4(10)2-8;1-3(11-13-5(8)9)2-10-12-4(6)7/h6-7,13,18H,3-4,16H2,1-2H3,(H2,17,22);3-6,9-12H,1-2H2;2H,1H3,(H4,6,7,12)(H4,8,9,13)/b;;10-2+,11-3+/t6-,7+,13+,15-;;/m1../s1. The molecule has 4 aliphatic rings. The summed E-state index contributed by atoms with van der Waals surface area (Å²) in [7, 11) is 1.52. The van der Waals surface area contributed by atoms with Crippen LogP contribution >= 0.6 is 31.9 Å². The first-order valence-electron chi connectivity index (χ1n) is 14.3. The van der Waals surface area contributed by atoms with E-state index in [1.807, 2.05) is 4.90 Å². The molecule has 23 heteroatoms. The van der Waals surface area contributed by atoms with Gasteiger partial charge < -0.3 is 68.8 Å². The van der Waals surface area contributed by atoms with Crippen molar-refractivity contribution in [1.82, 2.24) is 15.6 Å². The lowest BCUT2D eigenvalue weighted by molar-refractivity contribution is -0.137. The molecule has 4 rings (SSSR count). The molecule has 8 atom stereocenters. The number of aliphatic hydroxyl groups excluding tert-OH is 4. The third-order valence-electron chi connectivity index (χ3n) is 7.69. The van der Waals surface area contributed by atoms with E-state index in [1.165, 1.54) is 20.2 Å². The van der Waals surface area contributed by atoms with Gasteiger partial charge in [0.2, 0.25) is 23.5 Å². The Bertz CT molecular complexity index is 1420. The van der Waals surface area contributed by atoms with Crippen molar-refractivity contribution >= 4 is 73.4 Å². The average molecular weight is 827 g/mol. The number of nitrogens with one attached hydrogen (secondary N) is 3. The largest absolute Gasteiger partial charge is 0.449 e. The highest BCUT2D eigenvalue weighted by Crippen LogP contribution is 2.55. The number of methoxy groups -OCH3 is 1. The van der Waals surface area contributed by atoms with Crippen LogP contribution in [0.5, 0.6) is 0 Å². The Morgan fingerprint density at radius 3 is 2.16 bits per heavy atom. The number of fused-ring (bicyclic) bond motifs is 4. The third-order valence-corrected chi connectivity index (χ3v) is 9.02. The number of hydrogen-bond acceptors (Lipinski definition) is 16. The van der Waals surface area contributed by atoms with Crippen molar-refractivity contribution in [3.8, 4) is 0 Å². The van der Waals surface area contributed by atoms with Crippen LogP contribution in [0.3, 0.4) is 0 Å². The van der Waals surface area contributed by atoms with E-state index >= 15 is 0 Å². The van der Waals surface area contributed by atoms with Crippen LogP contribution in [-0.2, 0) is 19.1 Å². The summed E-state index contributed by atoms with van der Waals surface area (Å²) >= 11 is 5.88. The number of allylic oxidation sites excluding steroid dienone is 2. The number of hydrazone groups is 1. The number of Topliss-reactive ketones (excluding diaryl/α,β-unsaturated/α-hetero) is 2. The molecule has 0 aromatic heterocycles. The number of ketones is 2. The van der Waals surface area contributed by atoms with E-state index in [2.05, 4.69) is 57.9 Å². The molecular formula is C26H42Br2N12O9. The molecule has 17 N–H and O–H groups in total. The molecule has 1 aliphatic carbocycles. The molecule has 2 fully saturated rings. The fraction of sp³-hybridized carbons (Fsp3) is 0.577. The first-order chi connectivity index (χ1) is 22.9. The Labute approximate surface area is 297 Å². The van der Waals surface area contributed by atoms with Gasteiger partial charge in [-0.05, 0) is 13.8 Å². The number of carbonyl (C=O) groups excluding carboxylic acids is 3. The molecule has 0 aromatic carbocycles. The fourth-order valence-electron chi connectivity index (χ4n) is 5.31. The number of carbonyl (C=O) groups is 3. The molecule has 3 heterocycles. The molecule has 3 aliphatic heterocycles. The summed E-state index contributed by atoms with van der Waals surface area (Å²) in [5, 5.41) is 57.3. The summed E-state index contributed by atoms with van der Waals surface area (Å²) < 4.78 is 10.8. The number of primary amides is 1. The van der Waals surface area contributed by atoms with Crippen molar-refractivity contribution in [2.45, 2.75) is 56.1 Å². The molecule has 21 nitrogen and oxygen atoms in total. The molecule has 0 radical (unpaired) electrons. The maximum Gasteiger partial charge on any atom is 0.404 e. The quantitative estimate of drug-likeness (QED) is 0.0234. The molecule has 2 saturated heterocycles. The number of hydrogen-bond donors (Lipinski definition) is 12. The predicted molar refractivity (Wildman–Crippen MR) is 184 cm³/mol. The number of nitrogens with zero attached hydrogens (tertiary/aromatic N) is 4. The monoisotopic (exact) mass is 824 g/mol. The molecule has 0 saturated carbocycles. The van der Waals surface area contributed by atoms with E-state index in [9.17, 15) is 24.6 Å².